The standard InChI is InChI=1S/C29H32ClN5O3/c1-17-12-21(19(3)34-28(36)29(4)10-7-11-38-29)23(24(30)13-17)15-37-25-9-6-8-20-22(14-18(2)33-26(20)25)27-31-16-32-35(27)5/h6,8-9,12-14,16,19H,7,10-11,15H2,1-5H3,(H,34,36)/t19-,29?/m0/s1. The van der Waals surface area contributed by atoms with Crippen LogP contribution in [0.1, 0.15) is 55.1 Å². The van der Waals surface area contributed by atoms with Crippen LogP contribution in [0, 0.1) is 13.8 Å². The molecule has 1 aliphatic rings. The first-order valence-electron chi connectivity index (χ1n) is 12.8. The molecular weight excluding hydrogens is 502 g/mol. The number of hydrogen-bond donors (Lipinski definition) is 1. The molecule has 4 aromatic rings. The van der Waals surface area contributed by atoms with Crippen molar-refractivity contribution in [3.63, 3.8) is 0 Å². The van der Waals surface area contributed by atoms with Crippen LogP contribution in [-0.2, 0) is 23.2 Å². The first-order chi connectivity index (χ1) is 18.2. The molecule has 38 heavy (non-hydrogen) atoms. The van der Waals surface area contributed by atoms with Gasteiger partial charge in [-0.25, -0.2) is 14.6 Å². The third kappa shape index (κ3) is 4.98. The number of rotatable bonds is 7. The molecule has 0 spiro atoms. The summed E-state index contributed by atoms with van der Waals surface area (Å²) in [4.78, 5) is 22.2. The number of para-hydroxylation sites is 1. The molecule has 2 aromatic heterocycles. The van der Waals surface area contributed by atoms with Crippen molar-refractivity contribution in [3.8, 4) is 17.1 Å². The van der Waals surface area contributed by atoms with Crippen molar-refractivity contribution >= 4 is 28.4 Å². The Labute approximate surface area is 227 Å². The number of aryl methyl sites for hydroxylation is 3. The molecule has 1 aliphatic heterocycles. The number of pyridine rings is 1. The van der Waals surface area contributed by atoms with Gasteiger partial charge in [0.1, 0.15) is 29.8 Å². The summed E-state index contributed by atoms with van der Waals surface area (Å²) < 4.78 is 13.9. The fraction of sp³-hybridized carbons (Fsp3) is 0.379. The van der Waals surface area contributed by atoms with E-state index in [1.807, 2.05) is 71.1 Å². The van der Waals surface area contributed by atoms with Crippen molar-refractivity contribution in [2.24, 2.45) is 7.05 Å². The lowest BCUT2D eigenvalue weighted by molar-refractivity contribution is -0.140. The normalized spacial score (nSPS) is 18.1. The Hall–Kier alpha value is -3.49. The molecule has 3 heterocycles. The maximum Gasteiger partial charge on any atom is 0.252 e. The van der Waals surface area contributed by atoms with Crippen molar-refractivity contribution in [2.45, 2.75) is 58.8 Å². The van der Waals surface area contributed by atoms with E-state index in [0.717, 1.165) is 51.1 Å². The highest BCUT2D eigenvalue weighted by atomic mass is 35.5. The van der Waals surface area contributed by atoms with Gasteiger partial charge in [0.25, 0.3) is 5.91 Å². The van der Waals surface area contributed by atoms with Gasteiger partial charge >= 0.3 is 0 Å². The van der Waals surface area contributed by atoms with E-state index >= 15 is 0 Å². The zero-order valence-electron chi connectivity index (χ0n) is 22.3. The fourth-order valence-electron chi connectivity index (χ4n) is 5.06. The van der Waals surface area contributed by atoms with Crippen molar-refractivity contribution < 1.29 is 14.3 Å². The number of amides is 1. The van der Waals surface area contributed by atoms with Gasteiger partial charge in [-0.05, 0) is 69.9 Å². The second-order valence-corrected chi connectivity index (χ2v) is 10.6. The second-order valence-electron chi connectivity index (χ2n) is 10.2. The molecule has 1 unspecified atom stereocenters. The van der Waals surface area contributed by atoms with Crippen LogP contribution < -0.4 is 10.1 Å². The summed E-state index contributed by atoms with van der Waals surface area (Å²) in [6.07, 6.45) is 3.13. The van der Waals surface area contributed by atoms with Crippen LogP contribution in [0.25, 0.3) is 22.3 Å². The largest absolute Gasteiger partial charge is 0.487 e. The molecule has 9 heteroatoms. The Bertz CT molecular complexity index is 1510. The van der Waals surface area contributed by atoms with Gasteiger partial charge in [-0.1, -0.05) is 29.8 Å². The number of hydrogen-bond acceptors (Lipinski definition) is 6. The molecule has 8 nitrogen and oxygen atoms in total. The van der Waals surface area contributed by atoms with Gasteiger partial charge in [0.2, 0.25) is 0 Å². The summed E-state index contributed by atoms with van der Waals surface area (Å²) in [6, 6.07) is 11.5. The van der Waals surface area contributed by atoms with Crippen molar-refractivity contribution in [3.05, 3.63) is 70.1 Å². The van der Waals surface area contributed by atoms with Gasteiger partial charge in [-0.3, -0.25) is 4.79 Å². The third-order valence-corrected chi connectivity index (χ3v) is 7.48. The number of nitrogens with one attached hydrogen (secondary N) is 1. The predicted octanol–water partition coefficient (Wildman–Crippen LogP) is 5.63. The van der Waals surface area contributed by atoms with Crippen LogP contribution in [0.3, 0.4) is 0 Å². The van der Waals surface area contributed by atoms with Crippen LogP contribution in [0.15, 0.2) is 42.7 Å². The molecule has 198 valence electrons. The van der Waals surface area contributed by atoms with Crippen molar-refractivity contribution in [2.75, 3.05) is 6.61 Å². The van der Waals surface area contributed by atoms with Gasteiger partial charge < -0.3 is 14.8 Å². The summed E-state index contributed by atoms with van der Waals surface area (Å²) in [5.41, 5.74) is 4.46. The summed E-state index contributed by atoms with van der Waals surface area (Å²) in [6.45, 7) is 8.56. The van der Waals surface area contributed by atoms with E-state index in [9.17, 15) is 4.79 Å². The van der Waals surface area contributed by atoms with Crippen LogP contribution >= 0.6 is 11.6 Å². The molecule has 1 fully saturated rings. The Morgan fingerprint density at radius 3 is 2.82 bits per heavy atom. The molecular formula is C29H32ClN5O3. The Morgan fingerprint density at radius 1 is 1.29 bits per heavy atom. The Morgan fingerprint density at radius 2 is 2.11 bits per heavy atom. The maximum atomic E-state index is 13.0. The molecule has 1 amide bonds. The molecule has 2 atom stereocenters. The lowest BCUT2D eigenvalue weighted by atomic mass is 9.97. The molecule has 0 radical (unpaired) electrons. The predicted molar refractivity (Wildman–Crippen MR) is 147 cm³/mol. The van der Waals surface area contributed by atoms with Crippen LogP contribution in [0.5, 0.6) is 5.75 Å². The van der Waals surface area contributed by atoms with Crippen LogP contribution in [0.4, 0.5) is 0 Å². The second kappa shape index (κ2) is 10.3. The van der Waals surface area contributed by atoms with Gasteiger partial charge in [-0.2, -0.15) is 5.10 Å². The van der Waals surface area contributed by atoms with E-state index < -0.39 is 5.60 Å². The van der Waals surface area contributed by atoms with E-state index in [4.69, 9.17) is 26.1 Å². The number of benzene rings is 2. The molecule has 2 aromatic carbocycles. The average molecular weight is 534 g/mol. The molecule has 0 bridgehead atoms. The van der Waals surface area contributed by atoms with E-state index in [1.165, 1.54) is 6.33 Å². The number of halogens is 1. The van der Waals surface area contributed by atoms with E-state index in [0.29, 0.717) is 23.8 Å². The number of carbonyl (C=O) groups is 1. The summed E-state index contributed by atoms with van der Waals surface area (Å²) in [7, 11) is 1.87. The monoisotopic (exact) mass is 533 g/mol. The topological polar surface area (TPSA) is 91.2 Å². The number of ether oxygens (including phenoxy) is 2. The Balaban J connectivity index is 1.46. The summed E-state index contributed by atoms with van der Waals surface area (Å²) >= 11 is 6.74. The van der Waals surface area contributed by atoms with Crippen LogP contribution in [0.2, 0.25) is 5.02 Å². The number of aromatic nitrogens is 4. The minimum atomic E-state index is -0.800. The van der Waals surface area contributed by atoms with Gasteiger partial charge in [0.05, 0.1) is 6.04 Å². The summed E-state index contributed by atoms with van der Waals surface area (Å²) in [5.74, 6) is 1.28. The van der Waals surface area contributed by atoms with E-state index in [2.05, 4.69) is 15.4 Å². The van der Waals surface area contributed by atoms with E-state index in [-0.39, 0.29) is 18.6 Å². The average Bonchev–Trinajstić information content (AvgIpc) is 3.51. The molecule has 0 aliphatic carbocycles. The lowest BCUT2D eigenvalue weighted by Crippen LogP contribution is -2.45. The van der Waals surface area contributed by atoms with Gasteiger partial charge in [-0.15, -0.1) is 0 Å². The first-order valence-corrected chi connectivity index (χ1v) is 13.2. The van der Waals surface area contributed by atoms with Gasteiger partial charge in [0, 0.05) is 40.9 Å². The molecule has 1 saturated heterocycles. The SMILES string of the molecule is Cc1cc(Cl)c(COc2cccc3c(-c4ncnn4C)cc(C)nc23)c([C@H](C)NC(=O)C2(C)CCCO2)c1. The fourth-order valence-corrected chi connectivity index (χ4v) is 5.40. The number of fused-ring (bicyclic) bond motifs is 1. The summed E-state index contributed by atoms with van der Waals surface area (Å²) in [5, 5.41) is 8.87. The third-order valence-electron chi connectivity index (χ3n) is 7.14. The first kappa shape index (κ1) is 26.1. The zero-order chi connectivity index (χ0) is 27.0. The highest BCUT2D eigenvalue weighted by Crippen LogP contribution is 2.34. The van der Waals surface area contributed by atoms with Crippen molar-refractivity contribution in [1.82, 2.24) is 25.1 Å². The Kier molecular flexibility index (Phi) is 7.11. The highest BCUT2D eigenvalue weighted by Gasteiger charge is 2.38. The smallest absolute Gasteiger partial charge is 0.252 e. The van der Waals surface area contributed by atoms with Crippen molar-refractivity contribution in [1.29, 1.82) is 0 Å². The van der Waals surface area contributed by atoms with Crippen LogP contribution in [-0.4, -0.2) is 37.9 Å². The number of nitrogens with zero attached hydrogens (tertiary/aromatic N) is 4. The zero-order valence-corrected chi connectivity index (χ0v) is 23.1. The van der Waals surface area contributed by atoms with E-state index in [1.54, 1.807) is 4.68 Å². The maximum absolute atomic E-state index is 13.0. The minimum absolute atomic E-state index is 0.114. The minimum Gasteiger partial charge on any atom is -0.487 e. The number of carbonyl (C=O) groups excluding carboxylic acids is 1. The highest BCUT2D eigenvalue weighted by molar-refractivity contribution is 6.31. The molecule has 5 rings (SSSR count). The lowest BCUT2D eigenvalue weighted by Gasteiger charge is -2.26. The molecule has 1 N–H and O–H groups in total. The quantitative estimate of drug-likeness (QED) is 0.331. The molecule has 0 saturated carbocycles. The van der Waals surface area contributed by atoms with Gasteiger partial charge in [0.15, 0.2) is 5.82 Å².